The second-order valence-corrected chi connectivity index (χ2v) is 4.93. The van der Waals surface area contributed by atoms with Gasteiger partial charge in [0, 0.05) is 12.2 Å². The lowest BCUT2D eigenvalue weighted by molar-refractivity contribution is 0.0696. The van der Waals surface area contributed by atoms with Crippen LogP contribution in [-0.4, -0.2) is 22.6 Å². The predicted octanol–water partition coefficient (Wildman–Crippen LogP) is 2.46. The zero-order chi connectivity index (χ0) is 12.6. The molecule has 1 aliphatic carbocycles. The summed E-state index contributed by atoms with van der Waals surface area (Å²) in [6, 6.07) is 1.81. The number of hydrogen-bond donors (Lipinski definition) is 2. The first kappa shape index (κ1) is 11.9. The number of aromatic carboxylic acids is 1. The number of nitrogens with zero attached hydrogens (tertiary/aromatic N) is 1. The number of rotatable bonds is 4. The van der Waals surface area contributed by atoms with Gasteiger partial charge >= 0.3 is 5.97 Å². The van der Waals surface area contributed by atoms with Crippen LogP contribution < -0.4 is 5.32 Å². The monoisotopic (exact) mass is 234 g/mol. The quantitative estimate of drug-likeness (QED) is 0.840. The Morgan fingerprint density at radius 1 is 1.59 bits per heavy atom. The van der Waals surface area contributed by atoms with Gasteiger partial charge in [0.25, 0.3) is 0 Å². The Bertz CT molecular complexity index is 457. The molecule has 2 atom stereocenters. The van der Waals surface area contributed by atoms with Crippen molar-refractivity contribution in [2.45, 2.75) is 27.2 Å². The summed E-state index contributed by atoms with van der Waals surface area (Å²) in [5.41, 5.74) is 2.41. The molecule has 4 heteroatoms. The zero-order valence-corrected chi connectivity index (χ0v) is 10.4. The lowest BCUT2D eigenvalue weighted by Gasteiger charge is -2.12. The molecule has 2 unspecified atom stereocenters. The summed E-state index contributed by atoms with van der Waals surface area (Å²) in [6.45, 7) is 6.68. The van der Waals surface area contributed by atoms with Gasteiger partial charge in [-0.05, 0) is 38.2 Å². The minimum absolute atomic E-state index is 0.295. The van der Waals surface area contributed by atoms with Gasteiger partial charge in [-0.1, -0.05) is 6.92 Å². The summed E-state index contributed by atoms with van der Waals surface area (Å²) in [4.78, 5) is 15.4. The number of nitrogens with one attached hydrogen (secondary N) is 1. The zero-order valence-electron chi connectivity index (χ0n) is 10.4. The van der Waals surface area contributed by atoms with Crippen LogP contribution in [0.25, 0.3) is 0 Å². The molecule has 0 saturated heterocycles. The van der Waals surface area contributed by atoms with E-state index in [0.717, 1.165) is 18.2 Å². The summed E-state index contributed by atoms with van der Waals surface area (Å²) in [5.74, 6) is 0.534. The number of carboxylic acid groups (broad SMARTS) is 1. The van der Waals surface area contributed by atoms with E-state index in [4.69, 9.17) is 0 Å². The van der Waals surface area contributed by atoms with Crippen LogP contribution >= 0.6 is 0 Å². The van der Waals surface area contributed by atoms with Crippen molar-refractivity contribution in [2.75, 3.05) is 11.9 Å². The van der Waals surface area contributed by atoms with Gasteiger partial charge in [0.15, 0.2) is 0 Å². The van der Waals surface area contributed by atoms with Crippen molar-refractivity contribution < 1.29 is 9.90 Å². The van der Waals surface area contributed by atoms with Crippen molar-refractivity contribution in [3.05, 3.63) is 23.0 Å². The van der Waals surface area contributed by atoms with E-state index in [1.54, 1.807) is 6.92 Å². The molecule has 1 aliphatic rings. The maximum absolute atomic E-state index is 11.2. The first-order valence-corrected chi connectivity index (χ1v) is 5.94. The lowest BCUT2D eigenvalue weighted by atomic mass is 10.1. The van der Waals surface area contributed by atoms with Crippen molar-refractivity contribution >= 4 is 11.7 Å². The first-order valence-electron chi connectivity index (χ1n) is 5.94. The molecule has 0 bridgehead atoms. The van der Waals surface area contributed by atoms with E-state index in [1.807, 2.05) is 13.0 Å². The van der Waals surface area contributed by atoms with Gasteiger partial charge in [0.2, 0.25) is 0 Å². The highest BCUT2D eigenvalue weighted by Crippen LogP contribution is 2.37. The molecule has 1 fully saturated rings. The Balaban J connectivity index is 2.21. The minimum atomic E-state index is -0.915. The number of aryl methyl sites for hydroxylation is 2. The number of carbonyl (C=O) groups is 1. The van der Waals surface area contributed by atoms with Gasteiger partial charge in [-0.25, -0.2) is 4.79 Å². The minimum Gasteiger partial charge on any atom is -0.478 e. The smallest absolute Gasteiger partial charge is 0.339 e. The Morgan fingerprint density at radius 2 is 2.24 bits per heavy atom. The van der Waals surface area contributed by atoms with Gasteiger partial charge in [-0.15, -0.1) is 0 Å². The molecule has 1 saturated carbocycles. The third-order valence-corrected chi connectivity index (χ3v) is 3.37. The maximum Gasteiger partial charge on any atom is 0.339 e. The van der Waals surface area contributed by atoms with Crippen molar-refractivity contribution in [3.63, 3.8) is 0 Å². The SMILES string of the molecule is Cc1cc(NCC2CC2C)c(C(=O)O)c(C)n1. The van der Waals surface area contributed by atoms with Crippen LogP contribution in [0.5, 0.6) is 0 Å². The molecule has 0 spiro atoms. The van der Waals surface area contributed by atoms with Crippen LogP contribution in [0.4, 0.5) is 5.69 Å². The first-order chi connectivity index (χ1) is 7.99. The topological polar surface area (TPSA) is 62.2 Å². The summed E-state index contributed by atoms with van der Waals surface area (Å²) in [7, 11) is 0. The largest absolute Gasteiger partial charge is 0.478 e. The fraction of sp³-hybridized carbons (Fsp3) is 0.538. The number of anilines is 1. The lowest BCUT2D eigenvalue weighted by Crippen LogP contribution is -2.12. The van der Waals surface area contributed by atoms with E-state index >= 15 is 0 Å². The number of carboxylic acids is 1. The highest BCUT2D eigenvalue weighted by atomic mass is 16.4. The molecule has 17 heavy (non-hydrogen) atoms. The highest BCUT2D eigenvalue weighted by molar-refractivity contribution is 5.95. The van der Waals surface area contributed by atoms with Gasteiger partial charge in [0.05, 0.1) is 11.4 Å². The standard InChI is InChI=1S/C13H18N2O2/c1-7-4-10(7)6-14-11-5-8(2)15-9(3)12(11)13(16)17/h5,7,10H,4,6H2,1-3H3,(H,14,15)(H,16,17). The van der Waals surface area contributed by atoms with Gasteiger partial charge in [-0.3, -0.25) is 4.98 Å². The molecular formula is C13H18N2O2. The molecular weight excluding hydrogens is 216 g/mol. The van der Waals surface area contributed by atoms with Crippen molar-refractivity contribution in [1.82, 2.24) is 4.98 Å². The van der Waals surface area contributed by atoms with Crippen LogP contribution in [0.2, 0.25) is 0 Å². The van der Waals surface area contributed by atoms with E-state index in [9.17, 15) is 9.90 Å². The summed E-state index contributed by atoms with van der Waals surface area (Å²) >= 11 is 0. The molecule has 0 radical (unpaired) electrons. The van der Waals surface area contributed by atoms with E-state index < -0.39 is 5.97 Å². The molecule has 4 nitrogen and oxygen atoms in total. The number of hydrogen-bond acceptors (Lipinski definition) is 3. The molecule has 1 heterocycles. The second kappa shape index (κ2) is 4.35. The van der Waals surface area contributed by atoms with Crippen LogP contribution in [-0.2, 0) is 0 Å². The highest BCUT2D eigenvalue weighted by Gasteiger charge is 2.32. The van der Waals surface area contributed by atoms with Crippen LogP contribution in [0.3, 0.4) is 0 Å². The molecule has 0 amide bonds. The van der Waals surface area contributed by atoms with Gasteiger partial charge in [0.1, 0.15) is 5.56 Å². The fourth-order valence-corrected chi connectivity index (χ4v) is 2.16. The summed E-state index contributed by atoms with van der Waals surface area (Å²) in [6.07, 6.45) is 1.23. The van der Waals surface area contributed by atoms with E-state index in [0.29, 0.717) is 22.9 Å². The summed E-state index contributed by atoms with van der Waals surface area (Å²) in [5, 5.41) is 12.4. The average molecular weight is 234 g/mol. The maximum atomic E-state index is 11.2. The normalized spacial score (nSPS) is 22.3. The summed E-state index contributed by atoms with van der Waals surface area (Å²) < 4.78 is 0. The third kappa shape index (κ3) is 2.57. The van der Waals surface area contributed by atoms with Crippen LogP contribution in [0.1, 0.15) is 35.1 Å². The fourth-order valence-electron chi connectivity index (χ4n) is 2.16. The van der Waals surface area contributed by atoms with Gasteiger partial charge < -0.3 is 10.4 Å². The number of aromatic nitrogens is 1. The number of pyridine rings is 1. The van der Waals surface area contributed by atoms with Gasteiger partial charge in [-0.2, -0.15) is 0 Å². The third-order valence-electron chi connectivity index (χ3n) is 3.37. The molecule has 0 aromatic carbocycles. The Labute approximate surface area is 101 Å². The Hall–Kier alpha value is -1.58. The second-order valence-electron chi connectivity index (χ2n) is 4.93. The predicted molar refractivity (Wildman–Crippen MR) is 66.4 cm³/mol. The van der Waals surface area contributed by atoms with Crippen LogP contribution in [0.15, 0.2) is 6.07 Å². The molecule has 0 aliphatic heterocycles. The molecule has 1 aromatic heterocycles. The van der Waals surface area contributed by atoms with Crippen molar-refractivity contribution in [1.29, 1.82) is 0 Å². The van der Waals surface area contributed by atoms with Crippen LogP contribution in [0, 0.1) is 25.7 Å². The molecule has 92 valence electrons. The molecule has 2 N–H and O–H groups in total. The van der Waals surface area contributed by atoms with Crippen molar-refractivity contribution in [3.8, 4) is 0 Å². The van der Waals surface area contributed by atoms with E-state index in [1.165, 1.54) is 6.42 Å². The van der Waals surface area contributed by atoms with E-state index in [-0.39, 0.29) is 0 Å². The van der Waals surface area contributed by atoms with E-state index in [2.05, 4.69) is 17.2 Å². The molecule has 2 rings (SSSR count). The average Bonchev–Trinajstić information content (AvgIpc) is 2.89. The molecule has 1 aromatic rings. The Kier molecular flexibility index (Phi) is 3.05. The van der Waals surface area contributed by atoms with Crippen molar-refractivity contribution in [2.24, 2.45) is 11.8 Å². The Morgan fingerprint density at radius 3 is 2.76 bits per heavy atom.